The molecule has 6 heteroatoms. The van der Waals surface area contributed by atoms with Gasteiger partial charge in [0.2, 0.25) is 0 Å². The van der Waals surface area contributed by atoms with Crippen molar-refractivity contribution in [3.8, 4) is 0 Å². The van der Waals surface area contributed by atoms with Crippen LogP contribution in [0.5, 0.6) is 0 Å². The lowest BCUT2D eigenvalue weighted by Gasteiger charge is -2.11. The summed E-state index contributed by atoms with van der Waals surface area (Å²) in [6, 6.07) is 10.1. The van der Waals surface area contributed by atoms with Crippen LogP contribution in [0.1, 0.15) is 33.6 Å². The van der Waals surface area contributed by atoms with Crippen molar-refractivity contribution in [3.05, 3.63) is 59.9 Å². The molecule has 2 N–H and O–H groups in total. The highest BCUT2D eigenvalue weighted by Crippen LogP contribution is 2.14. The van der Waals surface area contributed by atoms with E-state index in [0.717, 1.165) is 19.4 Å². The quantitative estimate of drug-likeness (QED) is 0.883. The number of aromatic nitrogens is 1. The molecule has 1 aliphatic rings. The number of nitrogens with zero attached hydrogens (tertiary/aromatic N) is 1. The summed E-state index contributed by atoms with van der Waals surface area (Å²) in [5, 5.41) is 5.65. The van der Waals surface area contributed by atoms with Crippen molar-refractivity contribution < 1.29 is 14.3 Å². The van der Waals surface area contributed by atoms with E-state index >= 15 is 0 Å². The Bertz CT molecular complexity index is 712. The molecular weight excluding hydrogens is 306 g/mol. The fourth-order valence-electron chi connectivity index (χ4n) is 2.56. The second-order valence-electron chi connectivity index (χ2n) is 5.62. The topological polar surface area (TPSA) is 80.3 Å². The summed E-state index contributed by atoms with van der Waals surface area (Å²) in [6.07, 6.45) is 5.23. The summed E-state index contributed by atoms with van der Waals surface area (Å²) in [5.74, 6) is -0.417. The van der Waals surface area contributed by atoms with Gasteiger partial charge < -0.3 is 15.4 Å². The second kappa shape index (κ2) is 7.70. The van der Waals surface area contributed by atoms with Gasteiger partial charge in [-0.3, -0.25) is 14.6 Å². The molecule has 124 valence electrons. The molecule has 24 heavy (non-hydrogen) atoms. The Balaban J connectivity index is 1.61. The first-order valence-corrected chi connectivity index (χ1v) is 7.93. The number of nitrogens with one attached hydrogen (secondary N) is 2. The molecule has 3 rings (SSSR count). The van der Waals surface area contributed by atoms with E-state index in [1.807, 2.05) is 0 Å². The maximum atomic E-state index is 12.2. The molecule has 0 aliphatic carbocycles. The third-order valence-electron chi connectivity index (χ3n) is 3.84. The van der Waals surface area contributed by atoms with Crippen LogP contribution in [-0.2, 0) is 4.74 Å². The molecule has 0 unspecified atom stereocenters. The molecule has 0 bridgehead atoms. The molecule has 0 saturated carbocycles. The largest absolute Gasteiger partial charge is 0.376 e. The summed E-state index contributed by atoms with van der Waals surface area (Å²) in [6.45, 7) is 1.27. The summed E-state index contributed by atoms with van der Waals surface area (Å²) in [5.41, 5.74) is 1.58. The van der Waals surface area contributed by atoms with Gasteiger partial charge in [0.05, 0.1) is 6.10 Å². The summed E-state index contributed by atoms with van der Waals surface area (Å²) >= 11 is 0. The third-order valence-corrected chi connectivity index (χ3v) is 3.84. The fraction of sp³-hybridized carbons (Fsp3) is 0.278. The van der Waals surface area contributed by atoms with Gasteiger partial charge in [-0.25, -0.2) is 0 Å². The Morgan fingerprint density at radius 2 is 1.96 bits per heavy atom. The van der Waals surface area contributed by atoms with Gasteiger partial charge in [0, 0.05) is 42.4 Å². The van der Waals surface area contributed by atoms with Crippen LogP contribution >= 0.6 is 0 Å². The first-order valence-electron chi connectivity index (χ1n) is 7.93. The highest BCUT2D eigenvalue weighted by molar-refractivity contribution is 6.05. The van der Waals surface area contributed by atoms with Crippen LogP contribution < -0.4 is 10.6 Å². The van der Waals surface area contributed by atoms with Gasteiger partial charge in [-0.2, -0.15) is 0 Å². The first-order chi connectivity index (χ1) is 11.7. The Morgan fingerprint density at radius 3 is 2.71 bits per heavy atom. The van der Waals surface area contributed by atoms with E-state index in [0.29, 0.717) is 23.4 Å². The number of rotatable bonds is 5. The molecule has 1 aromatic heterocycles. The van der Waals surface area contributed by atoms with Crippen molar-refractivity contribution in [1.82, 2.24) is 10.3 Å². The minimum absolute atomic E-state index is 0.100. The smallest absolute Gasteiger partial charge is 0.255 e. The van der Waals surface area contributed by atoms with Crippen LogP contribution in [0.3, 0.4) is 0 Å². The summed E-state index contributed by atoms with van der Waals surface area (Å²) < 4.78 is 5.49. The standard InChI is InChI=1S/C18H19N3O3/c22-17(20-12-16-5-2-10-24-16)14-3-1-4-15(11-14)21-18(23)13-6-8-19-9-7-13/h1,3-4,6-9,11,16H,2,5,10,12H2,(H,20,22)(H,21,23)/t16-/m0/s1. The maximum absolute atomic E-state index is 12.2. The zero-order valence-corrected chi connectivity index (χ0v) is 13.2. The van der Waals surface area contributed by atoms with Crippen LogP contribution in [0.4, 0.5) is 5.69 Å². The van der Waals surface area contributed by atoms with Gasteiger partial charge >= 0.3 is 0 Å². The molecule has 0 spiro atoms. The zero-order valence-electron chi connectivity index (χ0n) is 13.2. The Kier molecular flexibility index (Phi) is 5.18. The van der Waals surface area contributed by atoms with Crippen LogP contribution in [0, 0.1) is 0 Å². The molecule has 6 nitrogen and oxygen atoms in total. The highest BCUT2D eigenvalue weighted by Gasteiger charge is 2.17. The Morgan fingerprint density at radius 1 is 1.12 bits per heavy atom. The number of hydrogen-bond acceptors (Lipinski definition) is 4. The van der Waals surface area contributed by atoms with Crippen LogP contribution in [0.15, 0.2) is 48.8 Å². The molecule has 1 aromatic carbocycles. The van der Waals surface area contributed by atoms with Crippen molar-refractivity contribution in [2.24, 2.45) is 0 Å². The van der Waals surface area contributed by atoms with E-state index in [-0.39, 0.29) is 17.9 Å². The van der Waals surface area contributed by atoms with Crippen molar-refractivity contribution in [2.45, 2.75) is 18.9 Å². The molecule has 1 aliphatic heterocycles. The van der Waals surface area contributed by atoms with E-state index in [1.165, 1.54) is 0 Å². The van der Waals surface area contributed by atoms with Crippen molar-refractivity contribution >= 4 is 17.5 Å². The lowest BCUT2D eigenvalue weighted by molar-refractivity contribution is 0.0857. The van der Waals surface area contributed by atoms with E-state index in [1.54, 1.807) is 48.8 Å². The minimum atomic E-state index is -0.241. The van der Waals surface area contributed by atoms with Gasteiger partial charge in [-0.15, -0.1) is 0 Å². The van der Waals surface area contributed by atoms with Crippen LogP contribution in [0.2, 0.25) is 0 Å². The minimum Gasteiger partial charge on any atom is -0.376 e. The number of carbonyl (C=O) groups excluding carboxylic acids is 2. The number of amides is 2. The normalized spacial score (nSPS) is 16.6. The number of hydrogen-bond donors (Lipinski definition) is 2. The lowest BCUT2D eigenvalue weighted by Crippen LogP contribution is -2.31. The molecule has 0 radical (unpaired) electrons. The summed E-state index contributed by atoms with van der Waals surface area (Å²) in [7, 11) is 0. The summed E-state index contributed by atoms with van der Waals surface area (Å²) in [4.78, 5) is 28.2. The van der Waals surface area contributed by atoms with Crippen molar-refractivity contribution in [1.29, 1.82) is 0 Å². The number of pyridine rings is 1. The van der Waals surface area contributed by atoms with E-state index < -0.39 is 0 Å². The van der Waals surface area contributed by atoms with Crippen LogP contribution in [-0.4, -0.2) is 36.1 Å². The molecule has 1 fully saturated rings. The fourth-order valence-corrected chi connectivity index (χ4v) is 2.56. The SMILES string of the molecule is O=C(NC[C@@H]1CCCO1)c1cccc(NC(=O)c2ccncc2)c1. The number of ether oxygens (including phenoxy) is 1. The van der Waals surface area contributed by atoms with E-state index in [2.05, 4.69) is 15.6 Å². The molecule has 2 amide bonds. The average Bonchev–Trinajstić information content (AvgIpc) is 3.14. The Hall–Kier alpha value is -2.73. The molecule has 2 aromatic rings. The predicted octanol–water partition coefficient (Wildman–Crippen LogP) is 2.24. The molecule has 2 heterocycles. The van der Waals surface area contributed by atoms with E-state index in [9.17, 15) is 9.59 Å². The van der Waals surface area contributed by atoms with Crippen molar-refractivity contribution in [2.75, 3.05) is 18.5 Å². The van der Waals surface area contributed by atoms with Gasteiger partial charge in [0.1, 0.15) is 0 Å². The maximum Gasteiger partial charge on any atom is 0.255 e. The van der Waals surface area contributed by atoms with Gasteiger partial charge in [-0.05, 0) is 43.2 Å². The van der Waals surface area contributed by atoms with Crippen molar-refractivity contribution in [3.63, 3.8) is 0 Å². The van der Waals surface area contributed by atoms with Gasteiger partial charge in [0.25, 0.3) is 11.8 Å². The zero-order chi connectivity index (χ0) is 16.8. The Labute approximate surface area is 140 Å². The molecule has 1 saturated heterocycles. The predicted molar refractivity (Wildman–Crippen MR) is 89.9 cm³/mol. The average molecular weight is 325 g/mol. The highest BCUT2D eigenvalue weighted by atomic mass is 16.5. The number of benzene rings is 1. The lowest BCUT2D eigenvalue weighted by atomic mass is 10.1. The first kappa shape index (κ1) is 16.1. The molecule has 1 atom stereocenters. The number of anilines is 1. The number of carbonyl (C=O) groups is 2. The van der Waals surface area contributed by atoms with E-state index in [4.69, 9.17) is 4.74 Å². The van der Waals surface area contributed by atoms with Gasteiger partial charge in [-0.1, -0.05) is 6.07 Å². The van der Waals surface area contributed by atoms with Crippen LogP contribution in [0.25, 0.3) is 0 Å². The monoisotopic (exact) mass is 325 g/mol. The third kappa shape index (κ3) is 4.17. The molecular formula is C18H19N3O3. The van der Waals surface area contributed by atoms with Gasteiger partial charge in [0.15, 0.2) is 0 Å². The second-order valence-corrected chi connectivity index (χ2v) is 5.62.